The second-order valence-corrected chi connectivity index (χ2v) is 7.17. The predicted molar refractivity (Wildman–Crippen MR) is 112 cm³/mol. The minimum atomic E-state index is -1.33. The Balaban J connectivity index is 1.86. The number of amides is 3. The van der Waals surface area contributed by atoms with E-state index >= 15 is 0 Å². The molecule has 0 bridgehead atoms. The average Bonchev–Trinajstić information content (AvgIpc) is 3.13. The Hall–Kier alpha value is -3.93. The zero-order valence-electron chi connectivity index (χ0n) is 17.3. The van der Waals surface area contributed by atoms with Crippen LogP contribution in [0, 0.1) is 0 Å². The van der Waals surface area contributed by atoms with Crippen molar-refractivity contribution in [1.82, 2.24) is 20.9 Å². The Bertz CT molecular complexity index is 1020. The van der Waals surface area contributed by atoms with Gasteiger partial charge in [-0.15, -0.1) is 0 Å². The van der Waals surface area contributed by atoms with Crippen LogP contribution in [0.4, 0.5) is 0 Å². The number of carbonyl (C=O) groups excluding carboxylic acids is 3. The first-order valence-corrected chi connectivity index (χ1v) is 9.71. The van der Waals surface area contributed by atoms with Gasteiger partial charge in [0.05, 0.1) is 19.0 Å². The van der Waals surface area contributed by atoms with Gasteiger partial charge in [-0.05, 0) is 18.6 Å². The maximum Gasteiger partial charge on any atom is 0.326 e. The number of hydrogen-bond donors (Lipinski definition) is 7. The quantitative estimate of drug-likeness (QED) is 0.220. The van der Waals surface area contributed by atoms with Crippen LogP contribution in [0.1, 0.15) is 18.9 Å². The molecular formula is C20H25N5O7. The lowest BCUT2D eigenvalue weighted by Crippen LogP contribution is -2.52. The summed E-state index contributed by atoms with van der Waals surface area (Å²) in [5.41, 5.74) is 6.97. The third-order valence-electron chi connectivity index (χ3n) is 4.64. The number of rotatable bonds is 11. The van der Waals surface area contributed by atoms with Gasteiger partial charge in [-0.3, -0.25) is 19.2 Å². The van der Waals surface area contributed by atoms with Crippen LogP contribution in [0.5, 0.6) is 0 Å². The van der Waals surface area contributed by atoms with Crippen molar-refractivity contribution in [3.05, 3.63) is 36.0 Å². The summed E-state index contributed by atoms with van der Waals surface area (Å²) in [6, 6.07) is 3.70. The summed E-state index contributed by atoms with van der Waals surface area (Å²) in [4.78, 5) is 61.2. The number of aromatic amines is 1. The van der Waals surface area contributed by atoms with E-state index in [4.69, 9.17) is 10.8 Å². The number of carbonyl (C=O) groups is 5. The van der Waals surface area contributed by atoms with E-state index in [0.29, 0.717) is 5.56 Å². The normalized spacial score (nSPS) is 13.6. The number of carboxylic acid groups (broad SMARTS) is 2. The molecule has 0 saturated carbocycles. The van der Waals surface area contributed by atoms with Crippen molar-refractivity contribution in [2.75, 3.05) is 6.54 Å². The van der Waals surface area contributed by atoms with Gasteiger partial charge in [0.25, 0.3) is 0 Å². The lowest BCUT2D eigenvalue weighted by Gasteiger charge is -2.17. The molecule has 1 aromatic heterocycles. The number of fused-ring (bicyclic) bond motifs is 1. The van der Waals surface area contributed by atoms with Crippen molar-refractivity contribution in [2.24, 2.45) is 5.73 Å². The fraction of sp³-hybridized carbons (Fsp3) is 0.350. The number of aromatic nitrogens is 1. The van der Waals surface area contributed by atoms with Crippen LogP contribution in [0.25, 0.3) is 10.9 Å². The molecule has 12 nitrogen and oxygen atoms in total. The van der Waals surface area contributed by atoms with E-state index in [-0.39, 0.29) is 6.42 Å². The lowest BCUT2D eigenvalue weighted by atomic mass is 10.0. The highest BCUT2D eigenvalue weighted by atomic mass is 16.4. The maximum atomic E-state index is 12.2. The largest absolute Gasteiger partial charge is 0.481 e. The average molecular weight is 447 g/mol. The minimum Gasteiger partial charge on any atom is -0.481 e. The van der Waals surface area contributed by atoms with Crippen LogP contribution < -0.4 is 21.7 Å². The zero-order valence-corrected chi connectivity index (χ0v) is 17.3. The highest BCUT2D eigenvalue weighted by Gasteiger charge is 2.24. The molecule has 1 heterocycles. The SMILES string of the molecule is CC(NC(=O)C(N)CC(=O)O)C(=O)NCC(=O)NC(Cc1c[nH]c2ccccc12)C(=O)O. The topological polar surface area (TPSA) is 204 Å². The number of aliphatic carboxylic acids is 2. The van der Waals surface area contributed by atoms with Crippen molar-refractivity contribution >= 4 is 40.6 Å². The summed E-state index contributed by atoms with van der Waals surface area (Å²) in [7, 11) is 0. The van der Waals surface area contributed by atoms with Crippen LogP contribution in [0.15, 0.2) is 30.5 Å². The molecule has 0 fully saturated rings. The second-order valence-electron chi connectivity index (χ2n) is 7.17. The lowest BCUT2D eigenvalue weighted by molar-refractivity contribution is -0.141. The highest BCUT2D eigenvalue weighted by Crippen LogP contribution is 2.19. The molecule has 2 aromatic rings. The third kappa shape index (κ3) is 6.80. The first kappa shape index (κ1) is 24.3. The molecule has 3 amide bonds. The molecule has 0 aliphatic rings. The highest BCUT2D eigenvalue weighted by molar-refractivity contribution is 5.93. The number of para-hydroxylation sites is 1. The number of carboxylic acids is 2. The number of hydrogen-bond acceptors (Lipinski definition) is 6. The van der Waals surface area contributed by atoms with E-state index in [1.165, 1.54) is 6.92 Å². The molecule has 0 aliphatic heterocycles. The standard InChI is InChI=1S/C20H25N5O7/c1-10(24-19(30)13(21)7-17(27)28)18(29)23-9-16(26)25-15(20(31)32)6-11-8-22-14-5-3-2-4-12(11)14/h2-5,8,10,13,15,22H,6-7,9,21H2,1H3,(H,23,29)(H,24,30)(H,25,26)(H,27,28)(H,31,32). The fourth-order valence-electron chi connectivity index (χ4n) is 2.95. The fourth-order valence-corrected chi connectivity index (χ4v) is 2.95. The molecule has 0 saturated heterocycles. The molecule has 32 heavy (non-hydrogen) atoms. The van der Waals surface area contributed by atoms with Crippen molar-refractivity contribution in [3.8, 4) is 0 Å². The zero-order chi connectivity index (χ0) is 23.8. The molecule has 0 spiro atoms. The van der Waals surface area contributed by atoms with Crippen LogP contribution in [-0.4, -0.2) is 69.5 Å². The van der Waals surface area contributed by atoms with Gasteiger partial charge >= 0.3 is 11.9 Å². The summed E-state index contributed by atoms with van der Waals surface area (Å²) < 4.78 is 0. The number of nitrogens with one attached hydrogen (secondary N) is 4. The van der Waals surface area contributed by atoms with E-state index in [2.05, 4.69) is 20.9 Å². The van der Waals surface area contributed by atoms with Crippen molar-refractivity contribution < 1.29 is 34.2 Å². The Morgan fingerprint density at radius 1 is 1.06 bits per heavy atom. The molecule has 0 aliphatic carbocycles. The summed E-state index contributed by atoms with van der Waals surface area (Å²) >= 11 is 0. The van der Waals surface area contributed by atoms with Gasteiger partial charge in [-0.1, -0.05) is 18.2 Å². The molecule has 0 radical (unpaired) electrons. The van der Waals surface area contributed by atoms with Crippen LogP contribution >= 0.6 is 0 Å². The smallest absolute Gasteiger partial charge is 0.326 e. The monoisotopic (exact) mass is 447 g/mol. The minimum absolute atomic E-state index is 0.0347. The predicted octanol–water partition coefficient (Wildman–Crippen LogP) is -1.30. The molecule has 3 atom stereocenters. The van der Waals surface area contributed by atoms with Gasteiger partial charge < -0.3 is 36.9 Å². The molecule has 2 rings (SSSR count). The van der Waals surface area contributed by atoms with Crippen molar-refractivity contribution in [2.45, 2.75) is 37.9 Å². The molecule has 1 aromatic carbocycles. The molecular weight excluding hydrogens is 422 g/mol. The summed E-state index contributed by atoms with van der Waals surface area (Å²) in [6.07, 6.45) is 1.11. The van der Waals surface area contributed by atoms with Crippen LogP contribution in [-0.2, 0) is 30.4 Å². The van der Waals surface area contributed by atoms with Gasteiger partial charge in [0.1, 0.15) is 12.1 Å². The maximum absolute atomic E-state index is 12.2. The summed E-state index contributed by atoms with van der Waals surface area (Å²) in [5, 5.41) is 25.8. The second kappa shape index (κ2) is 10.9. The number of H-pyrrole nitrogens is 1. The van der Waals surface area contributed by atoms with Crippen LogP contribution in [0.2, 0.25) is 0 Å². The summed E-state index contributed by atoms with van der Waals surface area (Å²) in [5.74, 6) is -4.78. The van der Waals surface area contributed by atoms with E-state index in [1.54, 1.807) is 6.20 Å². The van der Waals surface area contributed by atoms with Gasteiger partial charge in [0.15, 0.2) is 0 Å². The molecule has 12 heteroatoms. The Labute approximate surface area is 182 Å². The van der Waals surface area contributed by atoms with Gasteiger partial charge in [-0.2, -0.15) is 0 Å². The molecule has 8 N–H and O–H groups in total. The van der Waals surface area contributed by atoms with Gasteiger partial charge in [0, 0.05) is 23.5 Å². The van der Waals surface area contributed by atoms with Crippen molar-refractivity contribution in [3.63, 3.8) is 0 Å². The first-order valence-electron chi connectivity index (χ1n) is 9.71. The third-order valence-corrected chi connectivity index (χ3v) is 4.64. The van der Waals surface area contributed by atoms with Gasteiger partial charge in [-0.25, -0.2) is 4.79 Å². The van der Waals surface area contributed by atoms with Crippen molar-refractivity contribution in [1.29, 1.82) is 0 Å². The van der Waals surface area contributed by atoms with E-state index in [0.717, 1.165) is 10.9 Å². The Morgan fingerprint density at radius 2 is 1.75 bits per heavy atom. The first-order chi connectivity index (χ1) is 15.1. The number of nitrogens with two attached hydrogens (primary N) is 1. The Morgan fingerprint density at radius 3 is 2.41 bits per heavy atom. The van der Waals surface area contributed by atoms with Gasteiger partial charge in [0.2, 0.25) is 17.7 Å². The molecule has 3 unspecified atom stereocenters. The Kier molecular flexibility index (Phi) is 8.30. The van der Waals surface area contributed by atoms with E-state index < -0.39 is 60.8 Å². The van der Waals surface area contributed by atoms with Crippen LogP contribution in [0.3, 0.4) is 0 Å². The van der Waals surface area contributed by atoms with E-state index in [9.17, 15) is 29.1 Å². The van der Waals surface area contributed by atoms with E-state index in [1.807, 2.05) is 24.3 Å². The number of benzene rings is 1. The summed E-state index contributed by atoms with van der Waals surface area (Å²) in [6.45, 7) is 0.813. The molecule has 172 valence electrons.